The number of likely N-dealkylation sites (N-methyl/N-ethyl adjacent to an activating group) is 4. The second-order valence-electron chi connectivity index (χ2n) is 23.9. The highest BCUT2D eigenvalue weighted by Gasteiger charge is 2.19. The zero-order valence-electron chi connectivity index (χ0n) is 53.3. The number of nitrogens with zero attached hydrogens (tertiary/aromatic N) is 2. The number of hydrogen-bond acceptors (Lipinski definition) is 16. The third kappa shape index (κ3) is 71.0. The van der Waals surface area contributed by atoms with E-state index in [1.54, 1.807) is 7.05 Å². The number of nitrogens with one attached hydrogen (secondary N) is 6. The van der Waals surface area contributed by atoms with Gasteiger partial charge in [-0.2, -0.15) is 0 Å². The van der Waals surface area contributed by atoms with Crippen LogP contribution in [0.2, 0.25) is 0 Å². The summed E-state index contributed by atoms with van der Waals surface area (Å²) in [6, 6.07) is -0.540. The van der Waals surface area contributed by atoms with Gasteiger partial charge in [0.2, 0.25) is 11.8 Å². The Morgan fingerprint density at radius 3 is 1.25 bits per heavy atom. The van der Waals surface area contributed by atoms with E-state index in [9.17, 15) is 38.4 Å². The van der Waals surface area contributed by atoms with Gasteiger partial charge in [0.25, 0.3) is 0 Å². The summed E-state index contributed by atoms with van der Waals surface area (Å²) in [5.41, 5.74) is -1.75. The largest absolute Gasteiger partial charge is 0.481 e. The van der Waals surface area contributed by atoms with Gasteiger partial charge < -0.3 is 70.9 Å². The van der Waals surface area contributed by atoms with Crippen LogP contribution in [0.1, 0.15) is 205 Å². The fourth-order valence-electron chi connectivity index (χ4n) is 6.79. The van der Waals surface area contributed by atoms with Crippen molar-refractivity contribution in [3.63, 3.8) is 0 Å². The van der Waals surface area contributed by atoms with Gasteiger partial charge in [-0.15, -0.1) is 0 Å². The van der Waals surface area contributed by atoms with Crippen LogP contribution in [-0.2, 0) is 47.7 Å². The molecule has 4 amide bonds. The molecule has 1 atom stereocenters. The number of carboxylic acids is 2. The molecule has 81 heavy (non-hydrogen) atoms. The standard InChI is InChI=1S/C29H56N4O6.C15H30N2O4.C8H18N2O2.C7H12O2/c1-30-25(29(38)39)17-15-16-21-31-27(35)20-23-33(2)24-22-32-26(34)18-13-11-9-7-5-3-4-6-8-10-12-14-19-28(36)37;1-14(2,3)20-12(18)8-10-17(7)11-9-16-13(19)21-15(4,5)6;1-8(2,3)12-7(11)10-6-5-9-4;1-5-6(8)9-7(2,3)4/h25,30H,3-24H2,1-2H3,(H,31,35)(H,32,34)(H,36,37)(H,38,39);8-11H2,1-7H3,(H,16,19);9H,5-6H2,1-4H3,(H,10,11);5H,1H2,2-4H3/t25-;;;/m0.../s1. The summed E-state index contributed by atoms with van der Waals surface area (Å²) in [4.78, 5) is 93.9. The number of hydrogen-bond donors (Lipinski definition) is 8. The average molecular weight is 1160 g/mol. The lowest BCUT2D eigenvalue weighted by atomic mass is 10.0. The lowest BCUT2D eigenvalue weighted by Crippen LogP contribution is -2.37. The van der Waals surface area contributed by atoms with E-state index in [1.165, 1.54) is 44.9 Å². The Bertz CT molecular complexity index is 1710. The number of aliphatic carboxylic acids is 2. The van der Waals surface area contributed by atoms with E-state index in [-0.39, 0.29) is 29.8 Å². The second-order valence-corrected chi connectivity index (χ2v) is 23.9. The molecule has 0 spiro atoms. The van der Waals surface area contributed by atoms with Crippen LogP contribution in [0.15, 0.2) is 12.7 Å². The maximum atomic E-state index is 12.0. The van der Waals surface area contributed by atoms with E-state index in [4.69, 9.17) is 29.2 Å². The molecule has 0 aromatic heterocycles. The summed E-state index contributed by atoms with van der Waals surface area (Å²) in [7, 11) is 7.29. The van der Waals surface area contributed by atoms with Crippen LogP contribution < -0.4 is 31.9 Å². The second kappa shape index (κ2) is 49.5. The van der Waals surface area contributed by atoms with Gasteiger partial charge in [0.1, 0.15) is 28.4 Å². The van der Waals surface area contributed by atoms with E-state index in [0.717, 1.165) is 57.6 Å². The molecule has 0 aliphatic carbocycles. The molecule has 22 nitrogen and oxygen atoms in total. The monoisotopic (exact) mass is 1160 g/mol. The number of carboxylic acid groups (broad SMARTS) is 2. The van der Waals surface area contributed by atoms with Crippen LogP contribution in [0, 0.1) is 0 Å². The first-order chi connectivity index (χ1) is 37.6. The Hall–Kier alpha value is -5.06. The highest BCUT2D eigenvalue weighted by Crippen LogP contribution is 2.14. The third-order valence-corrected chi connectivity index (χ3v) is 10.9. The molecule has 0 saturated heterocycles. The van der Waals surface area contributed by atoms with E-state index in [1.807, 2.05) is 114 Å². The Morgan fingerprint density at radius 1 is 0.457 bits per heavy atom. The molecule has 0 fully saturated rings. The van der Waals surface area contributed by atoms with Crippen molar-refractivity contribution in [3.8, 4) is 0 Å². The zero-order valence-corrected chi connectivity index (χ0v) is 53.3. The molecular formula is C59H116N8O14. The molecule has 0 radical (unpaired) electrons. The van der Waals surface area contributed by atoms with Crippen molar-refractivity contribution in [1.82, 2.24) is 41.7 Å². The molecule has 476 valence electrons. The molecule has 0 bridgehead atoms. The van der Waals surface area contributed by atoms with Gasteiger partial charge in [0.05, 0.1) is 6.42 Å². The number of rotatable bonds is 38. The minimum atomic E-state index is -0.852. The maximum Gasteiger partial charge on any atom is 0.407 e. The molecule has 22 heteroatoms. The quantitative estimate of drug-likeness (QED) is 0.0125. The number of alkyl carbamates (subject to hydrolysis) is 2. The van der Waals surface area contributed by atoms with E-state index in [2.05, 4.69) is 38.5 Å². The summed E-state index contributed by atoms with van der Waals surface area (Å²) in [6.45, 7) is 30.7. The molecular weight excluding hydrogens is 1040 g/mol. The van der Waals surface area contributed by atoms with Crippen molar-refractivity contribution in [2.24, 2.45) is 0 Å². The van der Waals surface area contributed by atoms with Gasteiger partial charge in [-0.1, -0.05) is 70.8 Å². The van der Waals surface area contributed by atoms with Gasteiger partial charge >= 0.3 is 36.1 Å². The van der Waals surface area contributed by atoms with Crippen LogP contribution in [-0.4, -0.2) is 183 Å². The minimum absolute atomic E-state index is 0.0146. The lowest BCUT2D eigenvalue weighted by molar-refractivity contribution is -0.155. The SMILES string of the molecule is C=CC(=O)OC(C)(C)C.CN(CCNC(=O)OC(C)(C)C)CCC(=O)OC(C)(C)C.CNCCNC(=O)OC(C)(C)C.CN[C@@H](CCCCNC(=O)CCN(C)CCNC(=O)CCCCCCCCCCCCCCC(=O)O)C(=O)O. The first-order valence-corrected chi connectivity index (χ1v) is 29.2. The van der Waals surface area contributed by atoms with Crippen molar-refractivity contribution in [3.05, 3.63) is 12.7 Å². The molecule has 0 aliphatic heterocycles. The van der Waals surface area contributed by atoms with Gasteiger partial charge in [0, 0.05) is 84.2 Å². The number of unbranched alkanes of at least 4 members (excludes halogenated alkanes) is 12. The summed E-state index contributed by atoms with van der Waals surface area (Å²) in [5, 5.41) is 34.4. The maximum absolute atomic E-state index is 12.0. The van der Waals surface area contributed by atoms with Crippen molar-refractivity contribution in [1.29, 1.82) is 0 Å². The smallest absolute Gasteiger partial charge is 0.407 e. The predicted molar refractivity (Wildman–Crippen MR) is 321 cm³/mol. The summed E-state index contributed by atoms with van der Waals surface area (Å²) >= 11 is 0. The summed E-state index contributed by atoms with van der Waals surface area (Å²) in [5.74, 6) is -2.06. The van der Waals surface area contributed by atoms with Crippen LogP contribution in [0.5, 0.6) is 0 Å². The van der Waals surface area contributed by atoms with Gasteiger partial charge in [-0.25, -0.2) is 14.4 Å². The van der Waals surface area contributed by atoms with Crippen molar-refractivity contribution in [2.75, 3.05) is 87.1 Å². The summed E-state index contributed by atoms with van der Waals surface area (Å²) in [6.07, 6.45) is 17.6. The van der Waals surface area contributed by atoms with E-state index >= 15 is 0 Å². The van der Waals surface area contributed by atoms with Gasteiger partial charge in [-0.3, -0.25) is 24.0 Å². The highest BCUT2D eigenvalue weighted by molar-refractivity contribution is 5.81. The average Bonchev–Trinajstić information content (AvgIpc) is 3.32. The fourth-order valence-corrected chi connectivity index (χ4v) is 6.79. The predicted octanol–water partition coefficient (Wildman–Crippen LogP) is 8.35. The topological polar surface area (TPSA) is 293 Å². The zero-order chi connectivity index (χ0) is 62.9. The van der Waals surface area contributed by atoms with Crippen LogP contribution in [0.4, 0.5) is 9.59 Å². The first-order valence-electron chi connectivity index (χ1n) is 29.2. The minimum Gasteiger partial charge on any atom is -0.481 e. The molecule has 0 rings (SSSR count). The number of carbonyl (C=O) groups excluding carboxylic acids is 6. The lowest BCUT2D eigenvalue weighted by Gasteiger charge is -2.22. The third-order valence-electron chi connectivity index (χ3n) is 10.9. The van der Waals surface area contributed by atoms with Crippen LogP contribution in [0.25, 0.3) is 0 Å². The van der Waals surface area contributed by atoms with Crippen LogP contribution in [0.3, 0.4) is 0 Å². The number of esters is 2. The Balaban J connectivity index is -0.000000581. The Kier molecular flexibility index (Phi) is 50.4. The van der Waals surface area contributed by atoms with Crippen molar-refractivity contribution in [2.45, 2.75) is 234 Å². The summed E-state index contributed by atoms with van der Waals surface area (Å²) < 4.78 is 20.2. The molecule has 0 heterocycles. The number of carbonyl (C=O) groups is 8. The van der Waals surface area contributed by atoms with Crippen LogP contribution >= 0.6 is 0 Å². The number of ether oxygens (including phenoxy) is 4. The Morgan fingerprint density at radius 2 is 0.852 bits per heavy atom. The molecule has 0 aromatic carbocycles. The van der Waals surface area contributed by atoms with Gasteiger partial charge in [0.15, 0.2) is 0 Å². The molecule has 0 aliphatic rings. The highest BCUT2D eigenvalue weighted by atomic mass is 16.6. The molecule has 0 saturated carbocycles. The fraction of sp³-hybridized carbons (Fsp3) is 0.831. The van der Waals surface area contributed by atoms with E-state index in [0.29, 0.717) is 84.5 Å². The van der Waals surface area contributed by atoms with E-state index < -0.39 is 46.5 Å². The first kappa shape index (κ1) is 82.4. The Labute approximate surface area is 488 Å². The molecule has 8 N–H and O–H groups in total. The van der Waals surface area contributed by atoms with Gasteiger partial charge in [-0.05, 0) is 143 Å². The molecule has 0 unspecified atom stereocenters. The van der Waals surface area contributed by atoms with Crippen molar-refractivity contribution < 1.29 is 67.5 Å². The molecule has 0 aromatic rings. The van der Waals surface area contributed by atoms with Crippen molar-refractivity contribution >= 4 is 47.9 Å². The number of amides is 4. The normalized spacial score (nSPS) is 11.7.